The Bertz CT molecular complexity index is 208. The molecule has 0 amide bonds. The summed E-state index contributed by atoms with van der Waals surface area (Å²) in [4.78, 5) is 8.58. The fraction of sp³-hybridized carbons (Fsp3) is 0.750. The Morgan fingerprint density at radius 1 is 1.36 bits per heavy atom. The predicted molar refractivity (Wildman–Crippen MR) is 48.0 cm³/mol. The quantitative estimate of drug-likeness (QED) is 0.561. The zero-order valence-corrected chi connectivity index (χ0v) is 7.60. The first kappa shape index (κ1) is 8.24. The van der Waals surface area contributed by atoms with Crippen LogP contribution >= 0.6 is 0 Å². The molecule has 0 radical (unpaired) electrons. The van der Waals surface area contributed by atoms with E-state index in [1.54, 1.807) is 0 Å². The van der Waals surface area contributed by atoms with Crippen LogP contribution in [0.1, 0.15) is 27.7 Å². The van der Waals surface area contributed by atoms with E-state index in [2.05, 4.69) is 36.1 Å². The van der Waals surface area contributed by atoms with E-state index < -0.39 is 0 Å². The summed E-state index contributed by atoms with van der Waals surface area (Å²) in [7, 11) is 0. The molecule has 1 heterocycles. The fourth-order valence-corrected chi connectivity index (χ4v) is 0.867. The van der Waals surface area contributed by atoms with Crippen molar-refractivity contribution in [2.75, 3.05) is 6.67 Å². The number of hydrogen-bond donors (Lipinski definition) is 1. The summed E-state index contributed by atoms with van der Waals surface area (Å²) in [5, 5.41) is 3.05. The molecule has 0 aromatic heterocycles. The Kier molecular flexibility index (Phi) is 1.98. The highest BCUT2D eigenvalue weighted by Gasteiger charge is 2.19. The van der Waals surface area contributed by atoms with E-state index in [0.717, 1.165) is 11.7 Å². The zero-order valence-electron chi connectivity index (χ0n) is 7.60. The molecular formula is C8H15N3. The minimum Gasteiger partial charge on any atom is -0.355 e. The van der Waals surface area contributed by atoms with Crippen LogP contribution in [0.4, 0.5) is 0 Å². The van der Waals surface area contributed by atoms with Crippen molar-refractivity contribution in [3.8, 4) is 0 Å². The van der Waals surface area contributed by atoms with Gasteiger partial charge in [0, 0.05) is 5.41 Å². The Labute approximate surface area is 67.6 Å². The third kappa shape index (κ3) is 2.03. The molecule has 1 aliphatic rings. The molecule has 0 bridgehead atoms. The van der Waals surface area contributed by atoms with Crippen molar-refractivity contribution in [2.24, 2.45) is 15.4 Å². The zero-order chi connectivity index (χ0) is 8.48. The molecule has 0 atom stereocenters. The van der Waals surface area contributed by atoms with Crippen molar-refractivity contribution in [1.82, 2.24) is 5.32 Å². The standard InChI is InChI=1S/C8H15N3/c1-6-9-5-10-7(11-6)8(2,3)4/h5H2,1-4H3,(H,9,10,11). The highest BCUT2D eigenvalue weighted by molar-refractivity contribution is 5.99. The summed E-state index contributed by atoms with van der Waals surface area (Å²) in [5.74, 6) is 1.90. The molecule has 1 rings (SSSR count). The Morgan fingerprint density at radius 3 is 2.36 bits per heavy atom. The van der Waals surface area contributed by atoms with Crippen molar-refractivity contribution in [3.63, 3.8) is 0 Å². The minimum absolute atomic E-state index is 0.0728. The summed E-state index contributed by atoms with van der Waals surface area (Å²) in [6.45, 7) is 8.98. The Morgan fingerprint density at radius 2 is 2.00 bits per heavy atom. The van der Waals surface area contributed by atoms with Crippen molar-refractivity contribution in [2.45, 2.75) is 27.7 Å². The lowest BCUT2D eigenvalue weighted by Gasteiger charge is -2.21. The average Bonchev–Trinajstić information content (AvgIpc) is 1.86. The van der Waals surface area contributed by atoms with Gasteiger partial charge in [0.15, 0.2) is 0 Å². The van der Waals surface area contributed by atoms with E-state index in [4.69, 9.17) is 0 Å². The lowest BCUT2D eigenvalue weighted by molar-refractivity contribution is 0.577. The first-order valence-corrected chi connectivity index (χ1v) is 3.84. The van der Waals surface area contributed by atoms with Gasteiger partial charge in [-0.25, -0.2) is 9.98 Å². The molecule has 3 nitrogen and oxygen atoms in total. The van der Waals surface area contributed by atoms with E-state index in [0.29, 0.717) is 6.67 Å². The lowest BCUT2D eigenvalue weighted by atomic mass is 9.95. The molecule has 0 aromatic rings. The minimum atomic E-state index is 0.0728. The molecule has 0 spiro atoms. The van der Waals surface area contributed by atoms with Gasteiger partial charge in [0.2, 0.25) is 0 Å². The second-order valence-electron chi connectivity index (χ2n) is 3.76. The van der Waals surface area contributed by atoms with Gasteiger partial charge < -0.3 is 5.32 Å². The number of hydrogen-bond acceptors (Lipinski definition) is 3. The number of amidine groups is 2. The van der Waals surface area contributed by atoms with Crippen LogP contribution in [0.5, 0.6) is 0 Å². The molecule has 62 valence electrons. The number of rotatable bonds is 0. The third-order valence-corrected chi connectivity index (χ3v) is 1.51. The van der Waals surface area contributed by atoms with Gasteiger partial charge in [-0.1, -0.05) is 20.8 Å². The Hall–Kier alpha value is -0.860. The molecule has 0 aliphatic carbocycles. The number of nitrogens with one attached hydrogen (secondary N) is 1. The smallest absolute Gasteiger partial charge is 0.132 e. The van der Waals surface area contributed by atoms with E-state index in [9.17, 15) is 0 Å². The van der Waals surface area contributed by atoms with Gasteiger partial charge in [0.25, 0.3) is 0 Å². The van der Waals surface area contributed by atoms with Gasteiger partial charge in [-0.15, -0.1) is 0 Å². The second kappa shape index (κ2) is 2.64. The van der Waals surface area contributed by atoms with E-state index in [-0.39, 0.29) is 5.41 Å². The van der Waals surface area contributed by atoms with Crippen molar-refractivity contribution in [1.29, 1.82) is 0 Å². The number of aliphatic imine (C=N–C) groups is 2. The first-order valence-electron chi connectivity index (χ1n) is 3.84. The summed E-state index contributed by atoms with van der Waals surface area (Å²) in [6.07, 6.45) is 0. The van der Waals surface area contributed by atoms with Gasteiger partial charge in [0.1, 0.15) is 18.3 Å². The number of nitrogens with zero attached hydrogens (tertiary/aromatic N) is 2. The fourth-order valence-electron chi connectivity index (χ4n) is 0.867. The summed E-state index contributed by atoms with van der Waals surface area (Å²) in [5.41, 5.74) is 0.0728. The molecule has 1 aliphatic heterocycles. The first-order chi connectivity index (χ1) is 5.00. The van der Waals surface area contributed by atoms with Crippen LogP contribution in [0.15, 0.2) is 9.98 Å². The molecule has 0 aromatic carbocycles. The molecular weight excluding hydrogens is 138 g/mol. The Balaban J connectivity index is 2.82. The van der Waals surface area contributed by atoms with Crippen LogP contribution in [0.25, 0.3) is 0 Å². The van der Waals surface area contributed by atoms with Gasteiger partial charge >= 0.3 is 0 Å². The molecule has 0 saturated heterocycles. The summed E-state index contributed by atoms with van der Waals surface area (Å²) >= 11 is 0. The van der Waals surface area contributed by atoms with Gasteiger partial charge in [-0.2, -0.15) is 0 Å². The van der Waals surface area contributed by atoms with Crippen LogP contribution in [0.2, 0.25) is 0 Å². The van der Waals surface area contributed by atoms with Crippen LogP contribution in [-0.2, 0) is 0 Å². The highest BCUT2D eigenvalue weighted by atomic mass is 15.2. The van der Waals surface area contributed by atoms with Gasteiger partial charge in [-0.3, -0.25) is 0 Å². The van der Waals surface area contributed by atoms with Gasteiger partial charge in [0.05, 0.1) is 0 Å². The van der Waals surface area contributed by atoms with Crippen LogP contribution in [0, 0.1) is 5.41 Å². The van der Waals surface area contributed by atoms with E-state index in [1.165, 1.54) is 0 Å². The lowest BCUT2D eigenvalue weighted by Crippen LogP contribution is -2.31. The molecule has 0 fully saturated rings. The molecule has 1 N–H and O–H groups in total. The van der Waals surface area contributed by atoms with E-state index in [1.807, 2.05) is 6.92 Å². The molecule has 0 saturated carbocycles. The molecule has 0 unspecified atom stereocenters. The van der Waals surface area contributed by atoms with Crippen LogP contribution in [-0.4, -0.2) is 18.3 Å². The van der Waals surface area contributed by atoms with Gasteiger partial charge in [-0.05, 0) is 6.92 Å². The van der Waals surface area contributed by atoms with Crippen molar-refractivity contribution in [3.05, 3.63) is 0 Å². The predicted octanol–water partition coefficient (Wildman–Crippen LogP) is 1.41. The third-order valence-electron chi connectivity index (χ3n) is 1.51. The normalized spacial score (nSPS) is 18.5. The van der Waals surface area contributed by atoms with Crippen LogP contribution in [0.3, 0.4) is 0 Å². The highest BCUT2D eigenvalue weighted by Crippen LogP contribution is 2.17. The SMILES string of the molecule is CC1=NC(C(C)(C)C)=NCN1. The molecule has 11 heavy (non-hydrogen) atoms. The summed E-state index contributed by atoms with van der Waals surface area (Å²) in [6, 6.07) is 0. The maximum Gasteiger partial charge on any atom is 0.132 e. The van der Waals surface area contributed by atoms with Crippen molar-refractivity contribution < 1.29 is 0 Å². The second-order valence-corrected chi connectivity index (χ2v) is 3.76. The molecule has 3 heteroatoms. The topological polar surface area (TPSA) is 36.8 Å². The maximum absolute atomic E-state index is 4.31. The van der Waals surface area contributed by atoms with Crippen LogP contribution < -0.4 is 5.32 Å². The largest absolute Gasteiger partial charge is 0.355 e. The average molecular weight is 153 g/mol. The van der Waals surface area contributed by atoms with Crippen molar-refractivity contribution >= 4 is 11.7 Å². The van der Waals surface area contributed by atoms with E-state index >= 15 is 0 Å². The monoisotopic (exact) mass is 153 g/mol. The summed E-state index contributed by atoms with van der Waals surface area (Å²) < 4.78 is 0. The maximum atomic E-state index is 4.31.